The first kappa shape index (κ1) is 16.4. The second kappa shape index (κ2) is 6.05. The first-order valence-electron chi connectivity index (χ1n) is 8.68. The van der Waals surface area contributed by atoms with Crippen LogP contribution >= 0.6 is 0 Å². The summed E-state index contributed by atoms with van der Waals surface area (Å²) >= 11 is 0. The Hall–Kier alpha value is -3.02. The molecule has 1 amide bonds. The first-order chi connectivity index (χ1) is 12.4. The highest BCUT2D eigenvalue weighted by Gasteiger charge is 2.32. The molecule has 0 N–H and O–H groups in total. The zero-order valence-electron chi connectivity index (χ0n) is 15.2. The van der Waals surface area contributed by atoms with E-state index in [4.69, 9.17) is 9.52 Å². The molecule has 26 heavy (non-hydrogen) atoms. The number of rotatable bonds is 3. The van der Waals surface area contributed by atoms with E-state index in [2.05, 4.69) is 30.0 Å². The monoisotopic (exact) mass is 350 g/mol. The molecule has 134 valence electrons. The van der Waals surface area contributed by atoms with E-state index in [1.165, 1.54) is 0 Å². The maximum Gasteiger partial charge on any atom is 0.247 e. The Morgan fingerprint density at radius 1 is 1.19 bits per heavy atom. The van der Waals surface area contributed by atoms with Crippen molar-refractivity contribution in [2.45, 2.75) is 39.4 Å². The van der Waals surface area contributed by atoms with Crippen LogP contribution in [0.25, 0.3) is 11.9 Å². The molecule has 1 aliphatic heterocycles. The highest BCUT2D eigenvalue weighted by atomic mass is 16.3. The van der Waals surface area contributed by atoms with E-state index in [9.17, 15) is 4.79 Å². The van der Waals surface area contributed by atoms with Gasteiger partial charge in [0, 0.05) is 24.0 Å². The molecule has 0 unspecified atom stereocenters. The van der Waals surface area contributed by atoms with E-state index >= 15 is 0 Å². The predicted octanol–water partition coefficient (Wildman–Crippen LogP) is 3.58. The number of hydrogen-bond acceptors (Lipinski definition) is 3. The van der Waals surface area contributed by atoms with Gasteiger partial charge in [-0.25, -0.2) is 4.68 Å². The van der Waals surface area contributed by atoms with Crippen molar-refractivity contribution in [3.05, 3.63) is 66.0 Å². The van der Waals surface area contributed by atoms with Crippen molar-refractivity contribution in [2.24, 2.45) is 0 Å². The molecule has 0 saturated heterocycles. The third-order valence-electron chi connectivity index (χ3n) is 4.46. The summed E-state index contributed by atoms with van der Waals surface area (Å²) in [6.45, 7) is 7.49. The van der Waals surface area contributed by atoms with Gasteiger partial charge in [-0.3, -0.25) is 4.79 Å². The van der Waals surface area contributed by atoms with Crippen LogP contribution in [0.15, 0.2) is 53.4 Å². The van der Waals surface area contributed by atoms with E-state index in [0.29, 0.717) is 18.8 Å². The summed E-state index contributed by atoms with van der Waals surface area (Å²) in [4.78, 5) is 14.3. The van der Waals surface area contributed by atoms with Crippen LogP contribution in [-0.4, -0.2) is 25.2 Å². The van der Waals surface area contributed by atoms with Gasteiger partial charge < -0.3 is 13.9 Å². The fourth-order valence-electron chi connectivity index (χ4n) is 3.21. The van der Waals surface area contributed by atoms with Gasteiger partial charge in [-0.05, 0) is 51.1 Å². The second-order valence-corrected chi connectivity index (χ2v) is 7.46. The average molecular weight is 350 g/mol. The Labute approximate surface area is 152 Å². The van der Waals surface area contributed by atoms with Gasteiger partial charge in [0.25, 0.3) is 0 Å². The molecule has 4 rings (SSSR count). The summed E-state index contributed by atoms with van der Waals surface area (Å²) < 4.78 is 9.36. The number of fused-ring (bicyclic) bond motifs is 1. The minimum atomic E-state index is -0.141. The minimum absolute atomic E-state index is 0.0415. The van der Waals surface area contributed by atoms with Crippen molar-refractivity contribution < 1.29 is 9.21 Å². The smallest absolute Gasteiger partial charge is 0.247 e. The molecule has 0 radical (unpaired) electrons. The van der Waals surface area contributed by atoms with E-state index < -0.39 is 0 Å². The molecular formula is C20H22N4O2. The second-order valence-electron chi connectivity index (χ2n) is 7.46. The molecule has 0 aromatic carbocycles. The first-order valence-corrected chi connectivity index (χ1v) is 8.68. The van der Waals surface area contributed by atoms with Gasteiger partial charge in [0.1, 0.15) is 11.6 Å². The molecule has 0 aliphatic carbocycles. The number of amides is 1. The number of carbonyl (C=O) groups is 1. The predicted molar refractivity (Wildman–Crippen MR) is 98.5 cm³/mol. The summed E-state index contributed by atoms with van der Waals surface area (Å²) in [5, 5.41) is 4.82. The summed E-state index contributed by atoms with van der Waals surface area (Å²) in [7, 11) is 0. The van der Waals surface area contributed by atoms with E-state index in [1.54, 1.807) is 29.4 Å². The molecule has 4 heterocycles. The van der Waals surface area contributed by atoms with Crippen LogP contribution in [-0.2, 0) is 23.4 Å². The fourth-order valence-corrected chi connectivity index (χ4v) is 3.21. The number of hydrogen-bond donors (Lipinski definition) is 0. The summed E-state index contributed by atoms with van der Waals surface area (Å²) in [6.07, 6.45) is 8.87. The van der Waals surface area contributed by atoms with Crippen LogP contribution in [0.5, 0.6) is 0 Å². The van der Waals surface area contributed by atoms with Crippen molar-refractivity contribution in [3.8, 4) is 5.82 Å². The SMILES string of the molecule is CC(C)(C)n1nc2c(c1-n1cccc1)CN(C(=O)C=Cc1ccco1)C2. The topological polar surface area (TPSA) is 56.2 Å². The average Bonchev–Trinajstić information content (AvgIpc) is 3.33. The van der Waals surface area contributed by atoms with E-state index in [-0.39, 0.29) is 11.4 Å². The number of carbonyl (C=O) groups excluding carboxylic acids is 1. The van der Waals surface area contributed by atoms with E-state index in [0.717, 1.165) is 17.1 Å². The Morgan fingerprint density at radius 3 is 2.62 bits per heavy atom. The standard InChI is InChI=1S/C20H22N4O2/c1-20(2,3)24-19(22-10-4-5-11-22)16-13-23(14-17(16)21-24)18(25)9-8-15-7-6-12-26-15/h4-12H,13-14H2,1-3H3. The van der Waals surface area contributed by atoms with Gasteiger partial charge in [0.2, 0.25) is 5.91 Å². The molecule has 0 atom stereocenters. The molecule has 0 fully saturated rings. The molecule has 3 aromatic heterocycles. The van der Waals surface area contributed by atoms with Crippen LogP contribution < -0.4 is 0 Å². The molecule has 6 nitrogen and oxygen atoms in total. The summed E-state index contributed by atoms with van der Waals surface area (Å²) in [5.74, 6) is 1.66. The van der Waals surface area contributed by atoms with Crippen LogP contribution in [0.3, 0.4) is 0 Å². The summed E-state index contributed by atoms with van der Waals surface area (Å²) in [5.41, 5.74) is 1.93. The lowest BCUT2D eigenvalue weighted by Crippen LogP contribution is -2.29. The maximum atomic E-state index is 12.5. The molecule has 0 saturated carbocycles. The maximum absolute atomic E-state index is 12.5. The van der Waals surface area contributed by atoms with Gasteiger partial charge >= 0.3 is 0 Å². The van der Waals surface area contributed by atoms with Crippen LogP contribution in [0.1, 0.15) is 37.8 Å². The minimum Gasteiger partial charge on any atom is -0.465 e. The van der Waals surface area contributed by atoms with E-state index in [1.807, 2.05) is 30.6 Å². The van der Waals surface area contributed by atoms with Crippen LogP contribution in [0, 0.1) is 0 Å². The lowest BCUT2D eigenvalue weighted by Gasteiger charge is -2.24. The van der Waals surface area contributed by atoms with Crippen molar-refractivity contribution in [1.82, 2.24) is 19.2 Å². The number of nitrogens with zero attached hydrogens (tertiary/aromatic N) is 4. The van der Waals surface area contributed by atoms with Crippen LogP contribution in [0.4, 0.5) is 0 Å². The normalized spacial score (nSPS) is 14.3. The number of aromatic nitrogens is 3. The Morgan fingerprint density at radius 2 is 1.96 bits per heavy atom. The van der Waals surface area contributed by atoms with Crippen molar-refractivity contribution in [1.29, 1.82) is 0 Å². The number of furan rings is 1. The molecule has 3 aromatic rings. The van der Waals surface area contributed by atoms with Gasteiger partial charge in [-0.2, -0.15) is 5.10 Å². The Balaban J connectivity index is 1.63. The van der Waals surface area contributed by atoms with Gasteiger partial charge in [0.05, 0.1) is 30.6 Å². The lowest BCUT2D eigenvalue weighted by molar-refractivity contribution is -0.126. The molecule has 6 heteroatoms. The molecule has 1 aliphatic rings. The van der Waals surface area contributed by atoms with Gasteiger partial charge in [-0.1, -0.05) is 0 Å². The van der Waals surface area contributed by atoms with Crippen molar-refractivity contribution in [2.75, 3.05) is 0 Å². The molecule has 0 spiro atoms. The van der Waals surface area contributed by atoms with Crippen molar-refractivity contribution in [3.63, 3.8) is 0 Å². The van der Waals surface area contributed by atoms with Gasteiger partial charge in [0.15, 0.2) is 0 Å². The highest BCUT2D eigenvalue weighted by Crippen LogP contribution is 2.32. The quantitative estimate of drug-likeness (QED) is 0.679. The molecule has 0 bridgehead atoms. The Bertz CT molecular complexity index is 941. The lowest BCUT2D eigenvalue weighted by atomic mass is 10.1. The fraction of sp³-hybridized carbons (Fsp3) is 0.300. The molecular weight excluding hydrogens is 328 g/mol. The zero-order valence-corrected chi connectivity index (χ0v) is 15.2. The Kier molecular flexibility index (Phi) is 3.83. The third kappa shape index (κ3) is 2.87. The third-order valence-corrected chi connectivity index (χ3v) is 4.46. The highest BCUT2D eigenvalue weighted by molar-refractivity contribution is 5.91. The van der Waals surface area contributed by atoms with Gasteiger partial charge in [-0.15, -0.1) is 0 Å². The largest absolute Gasteiger partial charge is 0.465 e. The van der Waals surface area contributed by atoms with Crippen molar-refractivity contribution >= 4 is 12.0 Å². The summed E-state index contributed by atoms with van der Waals surface area (Å²) in [6, 6.07) is 7.61. The van der Waals surface area contributed by atoms with Crippen LogP contribution in [0.2, 0.25) is 0 Å². The zero-order chi connectivity index (χ0) is 18.3.